The molecule has 0 amide bonds. The zero-order valence-electron chi connectivity index (χ0n) is 12.5. The van der Waals surface area contributed by atoms with E-state index >= 15 is 0 Å². The van der Waals surface area contributed by atoms with Gasteiger partial charge in [-0.2, -0.15) is 5.26 Å². The van der Waals surface area contributed by atoms with Crippen molar-refractivity contribution in [3.05, 3.63) is 58.1 Å². The van der Waals surface area contributed by atoms with Crippen molar-refractivity contribution in [2.24, 2.45) is 0 Å². The molecule has 2 rings (SSSR count). The fourth-order valence-electron chi connectivity index (χ4n) is 2.10. The Bertz CT molecular complexity index is 718. The summed E-state index contributed by atoms with van der Waals surface area (Å²) in [7, 11) is 1.60. The van der Waals surface area contributed by atoms with Gasteiger partial charge in [0.2, 0.25) is 0 Å². The van der Waals surface area contributed by atoms with Crippen LogP contribution in [0.1, 0.15) is 18.1 Å². The number of hydrogen-bond acceptors (Lipinski definition) is 3. The Morgan fingerprint density at radius 1 is 1.27 bits per heavy atom. The van der Waals surface area contributed by atoms with Gasteiger partial charge in [0.05, 0.1) is 29.8 Å². The zero-order valence-corrected chi connectivity index (χ0v) is 14.1. The lowest BCUT2D eigenvalue weighted by Gasteiger charge is -2.12. The minimum atomic E-state index is 0.541. The summed E-state index contributed by atoms with van der Waals surface area (Å²) >= 11 is 3.48. The average molecular weight is 358 g/mol. The quantitative estimate of drug-likeness (QED) is 0.563. The molecule has 3 nitrogen and oxygen atoms in total. The van der Waals surface area contributed by atoms with Crippen molar-refractivity contribution in [3.8, 4) is 17.6 Å². The van der Waals surface area contributed by atoms with Crippen molar-refractivity contribution in [2.75, 3.05) is 13.7 Å². The van der Waals surface area contributed by atoms with E-state index in [-0.39, 0.29) is 0 Å². The summed E-state index contributed by atoms with van der Waals surface area (Å²) in [6, 6.07) is 15.6. The maximum atomic E-state index is 9.40. The fraction of sp³-hybridized carbons (Fsp3) is 0.167. The van der Waals surface area contributed by atoms with Gasteiger partial charge in [0.1, 0.15) is 0 Å². The van der Waals surface area contributed by atoms with Gasteiger partial charge in [-0.3, -0.25) is 0 Å². The van der Waals surface area contributed by atoms with Gasteiger partial charge in [-0.05, 0) is 52.2 Å². The topological polar surface area (TPSA) is 42.2 Å². The predicted molar refractivity (Wildman–Crippen MR) is 91.8 cm³/mol. The standard InChI is InChI=1S/C18H16BrNO2/c1-3-22-17-11-13(10-16(19)18(17)21-2)9-15(12-20)14-7-5-4-6-8-14/h4-11H,3H2,1-2H3/b15-9-. The van der Waals surface area contributed by atoms with Crippen LogP contribution >= 0.6 is 15.9 Å². The first-order valence-corrected chi connectivity index (χ1v) is 7.66. The van der Waals surface area contributed by atoms with Crippen molar-refractivity contribution in [2.45, 2.75) is 6.92 Å². The lowest BCUT2D eigenvalue weighted by atomic mass is 10.0. The van der Waals surface area contributed by atoms with Crippen LogP contribution in [0.4, 0.5) is 0 Å². The summed E-state index contributed by atoms with van der Waals surface area (Å²) in [6.45, 7) is 2.46. The molecule has 0 aromatic heterocycles. The molecule has 0 saturated heterocycles. The van der Waals surface area contributed by atoms with Crippen molar-refractivity contribution >= 4 is 27.6 Å². The number of rotatable bonds is 5. The smallest absolute Gasteiger partial charge is 0.174 e. The van der Waals surface area contributed by atoms with Gasteiger partial charge in [-0.25, -0.2) is 0 Å². The molecule has 2 aromatic rings. The van der Waals surface area contributed by atoms with Crippen LogP contribution < -0.4 is 9.47 Å². The van der Waals surface area contributed by atoms with Gasteiger partial charge in [-0.15, -0.1) is 0 Å². The third-order valence-corrected chi connectivity index (χ3v) is 3.64. The summed E-state index contributed by atoms with van der Waals surface area (Å²) in [5.41, 5.74) is 2.35. The second kappa shape index (κ2) is 7.67. The molecule has 0 aliphatic rings. The van der Waals surface area contributed by atoms with Crippen molar-refractivity contribution in [1.82, 2.24) is 0 Å². The molecule has 0 fully saturated rings. The number of ether oxygens (including phenoxy) is 2. The van der Waals surface area contributed by atoms with E-state index in [0.717, 1.165) is 15.6 Å². The molecule has 0 N–H and O–H groups in total. The van der Waals surface area contributed by atoms with Gasteiger partial charge in [-0.1, -0.05) is 30.3 Å². The highest BCUT2D eigenvalue weighted by Gasteiger charge is 2.11. The molecule has 112 valence electrons. The number of nitriles is 1. The number of halogens is 1. The van der Waals surface area contributed by atoms with E-state index in [2.05, 4.69) is 22.0 Å². The number of hydrogen-bond donors (Lipinski definition) is 0. The maximum absolute atomic E-state index is 9.40. The molecule has 22 heavy (non-hydrogen) atoms. The Labute approximate surface area is 138 Å². The first kappa shape index (κ1) is 16.1. The van der Waals surface area contributed by atoms with Gasteiger partial charge >= 0.3 is 0 Å². The molecule has 0 aliphatic heterocycles. The van der Waals surface area contributed by atoms with Crippen molar-refractivity contribution in [3.63, 3.8) is 0 Å². The summed E-state index contributed by atoms with van der Waals surface area (Å²) in [6.07, 6.45) is 1.84. The number of nitrogens with zero attached hydrogens (tertiary/aromatic N) is 1. The van der Waals surface area contributed by atoms with Gasteiger partial charge in [0, 0.05) is 0 Å². The summed E-state index contributed by atoms with van der Waals surface area (Å²) in [5.74, 6) is 1.30. The summed E-state index contributed by atoms with van der Waals surface area (Å²) in [4.78, 5) is 0. The molecular formula is C18H16BrNO2. The van der Waals surface area contributed by atoms with Crippen molar-refractivity contribution < 1.29 is 9.47 Å². The Morgan fingerprint density at radius 3 is 2.59 bits per heavy atom. The summed E-state index contributed by atoms with van der Waals surface area (Å²) in [5, 5.41) is 9.40. The number of allylic oxidation sites excluding steroid dienone is 1. The molecule has 2 aromatic carbocycles. The molecule has 0 unspecified atom stereocenters. The largest absolute Gasteiger partial charge is 0.492 e. The lowest BCUT2D eigenvalue weighted by molar-refractivity contribution is 0.310. The van der Waals surface area contributed by atoms with E-state index in [9.17, 15) is 5.26 Å². The summed E-state index contributed by atoms with van der Waals surface area (Å²) < 4.78 is 11.7. The normalized spacial score (nSPS) is 10.9. The van der Waals surface area contributed by atoms with Crippen LogP contribution in [0.5, 0.6) is 11.5 Å². The first-order valence-electron chi connectivity index (χ1n) is 6.87. The maximum Gasteiger partial charge on any atom is 0.174 e. The Morgan fingerprint density at radius 2 is 2.00 bits per heavy atom. The molecule has 0 spiro atoms. The predicted octanol–water partition coefficient (Wildman–Crippen LogP) is 4.92. The van der Waals surface area contributed by atoms with E-state index in [0.29, 0.717) is 23.7 Å². The minimum absolute atomic E-state index is 0.541. The Kier molecular flexibility index (Phi) is 5.62. The molecule has 0 bridgehead atoms. The van der Waals surface area contributed by atoms with Crippen molar-refractivity contribution in [1.29, 1.82) is 5.26 Å². The monoisotopic (exact) mass is 357 g/mol. The van der Waals surface area contributed by atoms with E-state index in [4.69, 9.17) is 9.47 Å². The lowest BCUT2D eigenvalue weighted by Crippen LogP contribution is -1.96. The van der Waals surface area contributed by atoms with Crippen LogP contribution in [0.25, 0.3) is 11.6 Å². The van der Waals surface area contributed by atoms with Gasteiger partial charge in [0.25, 0.3) is 0 Å². The van der Waals surface area contributed by atoms with Crippen LogP contribution in [0.2, 0.25) is 0 Å². The Hall–Kier alpha value is -2.25. The van der Waals surface area contributed by atoms with Crippen LogP contribution in [-0.4, -0.2) is 13.7 Å². The minimum Gasteiger partial charge on any atom is -0.492 e. The fourth-order valence-corrected chi connectivity index (χ4v) is 2.72. The number of methoxy groups -OCH3 is 1. The SMILES string of the molecule is CCOc1cc(/C=C(/C#N)c2ccccc2)cc(Br)c1OC. The van der Waals surface area contributed by atoms with E-state index < -0.39 is 0 Å². The highest BCUT2D eigenvalue weighted by Crippen LogP contribution is 2.37. The zero-order chi connectivity index (χ0) is 15.9. The second-order valence-corrected chi connectivity index (χ2v) is 5.36. The van der Waals surface area contributed by atoms with Crippen LogP contribution in [0.15, 0.2) is 46.9 Å². The number of benzene rings is 2. The first-order chi connectivity index (χ1) is 10.7. The average Bonchev–Trinajstić information content (AvgIpc) is 2.53. The van der Waals surface area contributed by atoms with E-state index in [1.807, 2.05) is 55.5 Å². The van der Waals surface area contributed by atoms with Gasteiger partial charge < -0.3 is 9.47 Å². The van der Waals surface area contributed by atoms with E-state index in [1.165, 1.54) is 0 Å². The molecule has 0 saturated carbocycles. The molecular weight excluding hydrogens is 342 g/mol. The molecule has 0 atom stereocenters. The molecule has 0 heterocycles. The van der Waals surface area contributed by atoms with Crippen LogP contribution in [0.3, 0.4) is 0 Å². The molecule has 0 aliphatic carbocycles. The third-order valence-electron chi connectivity index (χ3n) is 3.05. The van der Waals surface area contributed by atoms with E-state index in [1.54, 1.807) is 7.11 Å². The van der Waals surface area contributed by atoms with Crippen LogP contribution in [0, 0.1) is 11.3 Å². The molecule has 4 heteroatoms. The highest BCUT2D eigenvalue weighted by molar-refractivity contribution is 9.10. The van der Waals surface area contributed by atoms with Gasteiger partial charge in [0.15, 0.2) is 11.5 Å². The Balaban J connectivity index is 2.48. The highest BCUT2D eigenvalue weighted by atomic mass is 79.9. The third kappa shape index (κ3) is 3.69. The van der Waals surface area contributed by atoms with Crippen LogP contribution in [-0.2, 0) is 0 Å². The second-order valence-electron chi connectivity index (χ2n) is 4.50. The molecule has 0 radical (unpaired) electrons.